The summed E-state index contributed by atoms with van der Waals surface area (Å²) in [5, 5.41) is 45.2. The lowest BCUT2D eigenvalue weighted by molar-refractivity contribution is -0.524. The molecule has 0 aromatic carbocycles. The molecule has 5 aliphatic rings. The van der Waals surface area contributed by atoms with Crippen LogP contribution >= 0.6 is 0 Å². The van der Waals surface area contributed by atoms with E-state index in [1.54, 1.807) is 6.92 Å². The zero-order valence-electron chi connectivity index (χ0n) is 21.5. The Morgan fingerprint density at radius 3 is 2.64 bits per heavy atom. The maximum atomic E-state index is 12.5. The van der Waals surface area contributed by atoms with E-state index in [1.807, 2.05) is 6.92 Å². The number of carboxylic acid groups (broad SMARTS) is 1. The summed E-state index contributed by atoms with van der Waals surface area (Å²) in [4.78, 5) is 17.5. The van der Waals surface area contributed by atoms with Gasteiger partial charge in [-0.15, -0.1) is 0 Å². The van der Waals surface area contributed by atoms with Gasteiger partial charge in [-0.2, -0.15) is 4.89 Å². The molecule has 0 aromatic heterocycles. The number of aliphatic hydroxyl groups excluding tert-OH is 2. The standard InChI is InChI=1S/C27H42O9/c1-5-19-22(35-36-32)14(3)21(28)25(34-19)33-16-10-17(24(30)31)18-8-9-27-11-15(13(2)23(27)29)6-7-20(27)26(18,4)12-16/h14-23,25,28-29,32H,2,5-12H2,1,3-4H3,(H,30,31)/t14-,15?,16?,17?,18?,19?,20?,21?,22?,23?,25?,26?,27?/m0/s1. The van der Waals surface area contributed by atoms with Crippen LogP contribution in [0, 0.1) is 40.4 Å². The van der Waals surface area contributed by atoms with Crippen molar-refractivity contribution in [3.63, 3.8) is 0 Å². The molecule has 204 valence electrons. The van der Waals surface area contributed by atoms with Crippen molar-refractivity contribution < 1.29 is 44.8 Å². The van der Waals surface area contributed by atoms with E-state index in [0.29, 0.717) is 25.2 Å². The maximum Gasteiger partial charge on any atom is 0.306 e. The second kappa shape index (κ2) is 9.59. The van der Waals surface area contributed by atoms with Gasteiger partial charge in [0.25, 0.3) is 0 Å². The van der Waals surface area contributed by atoms with Crippen LogP contribution in [0.3, 0.4) is 0 Å². The van der Waals surface area contributed by atoms with E-state index < -0.39 is 54.6 Å². The van der Waals surface area contributed by atoms with Crippen LogP contribution in [0.4, 0.5) is 0 Å². The maximum absolute atomic E-state index is 12.5. The monoisotopic (exact) mass is 510 g/mol. The Morgan fingerprint density at radius 1 is 1.22 bits per heavy atom. The fraction of sp³-hybridized carbons (Fsp3) is 0.889. The van der Waals surface area contributed by atoms with Crippen molar-refractivity contribution in [1.29, 1.82) is 0 Å². The normalized spacial score (nSPS) is 52.5. The van der Waals surface area contributed by atoms with Crippen LogP contribution < -0.4 is 0 Å². The smallest absolute Gasteiger partial charge is 0.306 e. The van der Waals surface area contributed by atoms with Gasteiger partial charge in [0.1, 0.15) is 12.2 Å². The lowest BCUT2D eigenvalue weighted by atomic mass is 9.43. The highest BCUT2D eigenvalue weighted by Crippen LogP contribution is 2.70. The third-order valence-corrected chi connectivity index (χ3v) is 11.0. The number of carboxylic acids is 1. The van der Waals surface area contributed by atoms with E-state index in [2.05, 4.69) is 18.5 Å². The molecule has 4 N–H and O–H groups in total. The predicted molar refractivity (Wildman–Crippen MR) is 127 cm³/mol. The minimum atomic E-state index is -1.03. The first kappa shape index (κ1) is 26.5. The molecular formula is C27H42O9. The summed E-state index contributed by atoms with van der Waals surface area (Å²) in [5.74, 6) is -1.22. The molecule has 9 heteroatoms. The number of rotatable bonds is 6. The summed E-state index contributed by atoms with van der Waals surface area (Å²) in [6.45, 7) is 10.1. The van der Waals surface area contributed by atoms with Crippen molar-refractivity contribution in [3.05, 3.63) is 12.2 Å². The number of carbonyl (C=O) groups is 1. The lowest BCUT2D eigenvalue weighted by Gasteiger charge is -2.62. The van der Waals surface area contributed by atoms with Gasteiger partial charge in [0, 0.05) is 11.3 Å². The molecule has 1 spiro atoms. The van der Waals surface area contributed by atoms with E-state index >= 15 is 0 Å². The highest BCUT2D eigenvalue weighted by Gasteiger charge is 2.66. The summed E-state index contributed by atoms with van der Waals surface area (Å²) >= 11 is 0. The number of hydrogen-bond acceptors (Lipinski definition) is 8. The van der Waals surface area contributed by atoms with Gasteiger partial charge in [0.2, 0.25) is 0 Å². The average Bonchev–Trinajstić information content (AvgIpc) is 3.02. The largest absolute Gasteiger partial charge is 0.481 e. The van der Waals surface area contributed by atoms with Gasteiger partial charge in [-0.1, -0.05) is 32.4 Å². The zero-order chi connectivity index (χ0) is 26.0. The first-order chi connectivity index (χ1) is 17.1. The number of hydrogen-bond donors (Lipinski definition) is 4. The Kier molecular flexibility index (Phi) is 7.07. The molecule has 4 saturated carbocycles. The van der Waals surface area contributed by atoms with Crippen molar-refractivity contribution in [2.45, 2.75) is 109 Å². The Bertz CT molecular complexity index is 862. The molecule has 36 heavy (non-hydrogen) atoms. The van der Waals surface area contributed by atoms with E-state index in [0.717, 1.165) is 37.7 Å². The summed E-state index contributed by atoms with van der Waals surface area (Å²) in [7, 11) is 0. The fourth-order valence-electron chi connectivity index (χ4n) is 9.27. The van der Waals surface area contributed by atoms with Crippen molar-refractivity contribution in [2.75, 3.05) is 0 Å². The molecule has 2 bridgehead atoms. The molecule has 0 aromatic rings. The van der Waals surface area contributed by atoms with Gasteiger partial charge in [-0.05, 0) is 80.1 Å². The number of aliphatic hydroxyl groups is 2. The number of ether oxygens (including phenoxy) is 2. The fourth-order valence-corrected chi connectivity index (χ4v) is 9.27. The second-order valence-electron chi connectivity index (χ2n) is 12.5. The summed E-state index contributed by atoms with van der Waals surface area (Å²) in [5.41, 5.74) is 0.417. The van der Waals surface area contributed by atoms with Crippen LogP contribution in [-0.2, 0) is 24.2 Å². The van der Waals surface area contributed by atoms with Crippen LogP contribution in [-0.4, -0.2) is 63.4 Å². The Balaban J connectivity index is 1.40. The van der Waals surface area contributed by atoms with E-state index in [-0.39, 0.29) is 22.7 Å². The first-order valence-corrected chi connectivity index (χ1v) is 13.6. The number of fused-ring (bicyclic) bond motifs is 3. The lowest BCUT2D eigenvalue weighted by Crippen LogP contribution is -2.60. The topological polar surface area (TPSA) is 135 Å². The zero-order valence-corrected chi connectivity index (χ0v) is 21.5. The summed E-state index contributed by atoms with van der Waals surface area (Å²) in [6, 6.07) is 0. The molecule has 4 aliphatic carbocycles. The number of aliphatic carboxylic acids is 1. The van der Waals surface area contributed by atoms with Crippen LogP contribution in [0.2, 0.25) is 0 Å². The quantitative estimate of drug-likeness (QED) is 0.183. The second-order valence-corrected chi connectivity index (χ2v) is 12.5. The van der Waals surface area contributed by atoms with Gasteiger partial charge >= 0.3 is 5.97 Å². The highest BCUT2D eigenvalue weighted by atomic mass is 17.5. The molecule has 13 atom stereocenters. The van der Waals surface area contributed by atoms with Crippen molar-refractivity contribution >= 4 is 5.97 Å². The van der Waals surface area contributed by atoms with Crippen molar-refractivity contribution in [3.8, 4) is 0 Å². The molecule has 9 nitrogen and oxygen atoms in total. The SMILES string of the molecule is C=C1C2CCC3C4(C)CC(OC5OC(CC)C(OOO)[C@@H](C)C5O)CC(C(=O)O)C4CCC3(C2)C1O. The summed E-state index contributed by atoms with van der Waals surface area (Å²) < 4.78 is 12.4. The summed E-state index contributed by atoms with van der Waals surface area (Å²) in [6.07, 6.45) is 2.07. The highest BCUT2D eigenvalue weighted by molar-refractivity contribution is 5.71. The molecule has 1 saturated heterocycles. The van der Waals surface area contributed by atoms with Crippen LogP contribution in [0.15, 0.2) is 12.2 Å². The molecule has 0 radical (unpaired) electrons. The third kappa shape index (κ3) is 3.89. The van der Waals surface area contributed by atoms with Gasteiger partial charge in [-0.25, -0.2) is 5.26 Å². The van der Waals surface area contributed by atoms with E-state index in [9.17, 15) is 20.1 Å². The Hall–Kier alpha value is -1.07. The molecule has 0 amide bonds. The van der Waals surface area contributed by atoms with Gasteiger partial charge < -0.3 is 24.8 Å². The van der Waals surface area contributed by atoms with Crippen LogP contribution in [0.25, 0.3) is 0 Å². The molecule has 12 unspecified atom stereocenters. The molecular weight excluding hydrogens is 468 g/mol. The molecule has 5 rings (SSSR count). The molecule has 5 fully saturated rings. The van der Waals surface area contributed by atoms with Crippen molar-refractivity contribution in [2.24, 2.45) is 40.4 Å². The molecule has 1 aliphatic heterocycles. The average molecular weight is 511 g/mol. The van der Waals surface area contributed by atoms with Gasteiger partial charge in [-0.3, -0.25) is 4.79 Å². The third-order valence-electron chi connectivity index (χ3n) is 11.0. The van der Waals surface area contributed by atoms with Crippen LogP contribution in [0.1, 0.15) is 72.1 Å². The van der Waals surface area contributed by atoms with E-state index in [1.165, 1.54) is 0 Å². The van der Waals surface area contributed by atoms with Gasteiger partial charge in [0.05, 0.1) is 24.2 Å². The molecule has 1 heterocycles. The van der Waals surface area contributed by atoms with Crippen LogP contribution in [0.5, 0.6) is 0 Å². The first-order valence-electron chi connectivity index (χ1n) is 13.6. The Morgan fingerprint density at radius 2 is 1.97 bits per heavy atom. The minimum Gasteiger partial charge on any atom is -0.481 e. The van der Waals surface area contributed by atoms with Gasteiger partial charge in [0.15, 0.2) is 6.29 Å². The minimum absolute atomic E-state index is 0.0158. The van der Waals surface area contributed by atoms with E-state index in [4.69, 9.17) is 19.6 Å². The van der Waals surface area contributed by atoms with Crippen molar-refractivity contribution in [1.82, 2.24) is 0 Å². The predicted octanol–water partition coefficient (Wildman–Crippen LogP) is 3.54. The Labute approximate surface area is 212 Å².